The summed E-state index contributed by atoms with van der Waals surface area (Å²) in [5.74, 6) is 0.161. The summed E-state index contributed by atoms with van der Waals surface area (Å²) in [6, 6.07) is 13.4. The number of nitro benzene ring substituents is 1. The maximum Gasteiger partial charge on any atom is 0.278 e. The van der Waals surface area contributed by atoms with Crippen LogP contribution in [0.4, 0.5) is 5.69 Å². The van der Waals surface area contributed by atoms with E-state index in [-0.39, 0.29) is 12.3 Å². The van der Waals surface area contributed by atoms with Gasteiger partial charge in [-0.3, -0.25) is 14.9 Å². The lowest BCUT2D eigenvalue weighted by molar-refractivity contribution is -0.385. The first-order valence-electron chi connectivity index (χ1n) is 6.81. The number of carbonyl (C=O) groups excluding carboxylic acids is 1. The molecule has 0 saturated heterocycles. The Kier molecular flexibility index (Phi) is 5.40. The SMILES string of the molecule is Cc1ccccc1OCC(=O)NN=Cc1ccccc1[N+](=O)[O-]. The second kappa shape index (κ2) is 7.69. The maximum absolute atomic E-state index is 11.7. The van der Waals surface area contributed by atoms with E-state index >= 15 is 0 Å². The molecule has 0 fully saturated rings. The summed E-state index contributed by atoms with van der Waals surface area (Å²) in [4.78, 5) is 22.0. The number of aryl methyl sites for hydroxylation is 1. The number of amides is 1. The molecule has 1 N–H and O–H groups in total. The first kappa shape index (κ1) is 16.2. The highest BCUT2D eigenvalue weighted by molar-refractivity contribution is 5.86. The van der Waals surface area contributed by atoms with Crippen LogP contribution in [0.1, 0.15) is 11.1 Å². The summed E-state index contributed by atoms with van der Waals surface area (Å²) in [5.41, 5.74) is 3.41. The highest BCUT2D eigenvalue weighted by atomic mass is 16.6. The van der Waals surface area contributed by atoms with Crippen molar-refractivity contribution in [1.82, 2.24) is 5.43 Å². The molecule has 0 aromatic heterocycles. The van der Waals surface area contributed by atoms with Gasteiger partial charge in [0, 0.05) is 6.07 Å². The quantitative estimate of drug-likeness (QED) is 0.503. The minimum atomic E-state index is -0.509. The molecule has 0 radical (unpaired) electrons. The molecule has 2 aromatic rings. The van der Waals surface area contributed by atoms with Crippen molar-refractivity contribution in [2.24, 2.45) is 5.10 Å². The van der Waals surface area contributed by atoms with Gasteiger partial charge in [0.15, 0.2) is 6.61 Å². The van der Waals surface area contributed by atoms with Crippen molar-refractivity contribution in [2.75, 3.05) is 6.61 Å². The van der Waals surface area contributed by atoms with Crippen LogP contribution in [0, 0.1) is 17.0 Å². The second-order valence-electron chi connectivity index (χ2n) is 4.66. The number of rotatable bonds is 6. The molecule has 0 spiro atoms. The topological polar surface area (TPSA) is 93.8 Å². The Bertz CT molecular complexity index is 744. The number of carbonyl (C=O) groups is 1. The van der Waals surface area contributed by atoms with Crippen molar-refractivity contribution in [2.45, 2.75) is 6.92 Å². The van der Waals surface area contributed by atoms with Crippen molar-refractivity contribution in [3.05, 3.63) is 69.8 Å². The fourth-order valence-corrected chi connectivity index (χ4v) is 1.83. The third-order valence-corrected chi connectivity index (χ3v) is 2.98. The smallest absolute Gasteiger partial charge is 0.278 e. The van der Waals surface area contributed by atoms with Crippen LogP contribution in [-0.4, -0.2) is 23.7 Å². The van der Waals surface area contributed by atoms with Crippen LogP contribution in [0.2, 0.25) is 0 Å². The van der Waals surface area contributed by atoms with E-state index in [9.17, 15) is 14.9 Å². The third-order valence-electron chi connectivity index (χ3n) is 2.98. The van der Waals surface area contributed by atoms with E-state index in [2.05, 4.69) is 10.5 Å². The summed E-state index contributed by atoms with van der Waals surface area (Å²) in [6.07, 6.45) is 1.23. The highest BCUT2D eigenvalue weighted by Gasteiger charge is 2.10. The van der Waals surface area contributed by atoms with Crippen LogP contribution in [-0.2, 0) is 4.79 Å². The molecule has 0 aliphatic heterocycles. The van der Waals surface area contributed by atoms with Crippen LogP contribution in [0.25, 0.3) is 0 Å². The van der Waals surface area contributed by atoms with Gasteiger partial charge in [0.2, 0.25) is 0 Å². The van der Waals surface area contributed by atoms with E-state index in [0.717, 1.165) is 5.56 Å². The average Bonchev–Trinajstić information content (AvgIpc) is 2.54. The molecule has 0 unspecified atom stereocenters. The van der Waals surface area contributed by atoms with Gasteiger partial charge in [-0.1, -0.05) is 30.3 Å². The van der Waals surface area contributed by atoms with Gasteiger partial charge in [-0.05, 0) is 24.6 Å². The van der Waals surface area contributed by atoms with Crippen molar-refractivity contribution in [3.8, 4) is 5.75 Å². The monoisotopic (exact) mass is 313 g/mol. The Hall–Kier alpha value is -3.22. The largest absolute Gasteiger partial charge is 0.483 e. The molecule has 118 valence electrons. The Labute approximate surface area is 132 Å². The fraction of sp³-hybridized carbons (Fsp3) is 0.125. The van der Waals surface area contributed by atoms with Crippen LogP contribution < -0.4 is 10.2 Å². The summed E-state index contributed by atoms with van der Waals surface area (Å²) in [5, 5.41) is 14.6. The van der Waals surface area contributed by atoms with Gasteiger partial charge in [-0.2, -0.15) is 5.10 Å². The van der Waals surface area contributed by atoms with Crippen LogP contribution in [0.3, 0.4) is 0 Å². The molecule has 0 bridgehead atoms. The Morgan fingerprint density at radius 1 is 1.26 bits per heavy atom. The lowest BCUT2D eigenvalue weighted by Crippen LogP contribution is -2.24. The Morgan fingerprint density at radius 2 is 1.96 bits per heavy atom. The molecule has 0 aliphatic carbocycles. The van der Waals surface area contributed by atoms with Crippen molar-refractivity contribution in [1.29, 1.82) is 0 Å². The van der Waals surface area contributed by atoms with E-state index in [4.69, 9.17) is 4.74 Å². The van der Waals surface area contributed by atoms with Gasteiger partial charge in [0.05, 0.1) is 16.7 Å². The fourth-order valence-electron chi connectivity index (χ4n) is 1.83. The summed E-state index contributed by atoms with van der Waals surface area (Å²) < 4.78 is 5.37. The number of para-hydroxylation sites is 2. The molecule has 7 nitrogen and oxygen atoms in total. The molecule has 2 aromatic carbocycles. The number of hydrazone groups is 1. The van der Waals surface area contributed by atoms with Gasteiger partial charge in [-0.25, -0.2) is 5.43 Å². The number of hydrogen-bond donors (Lipinski definition) is 1. The summed E-state index contributed by atoms with van der Waals surface area (Å²) in [6.45, 7) is 1.68. The zero-order valence-electron chi connectivity index (χ0n) is 12.4. The molecular formula is C16H15N3O4. The van der Waals surface area contributed by atoms with Gasteiger partial charge >= 0.3 is 0 Å². The number of nitrogens with zero attached hydrogens (tertiary/aromatic N) is 2. The van der Waals surface area contributed by atoms with Crippen molar-refractivity contribution >= 4 is 17.8 Å². The molecule has 2 rings (SSSR count). The molecule has 23 heavy (non-hydrogen) atoms. The van der Waals surface area contributed by atoms with E-state index in [1.165, 1.54) is 18.3 Å². The van der Waals surface area contributed by atoms with Crippen LogP contribution >= 0.6 is 0 Å². The molecule has 7 heteroatoms. The van der Waals surface area contributed by atoms with Gasteiger partial charge in [0.25, 0.3) is 11.6 Å². The summed E-state index contributed by atoms with van der Waals surface area (Å²) in [7, 11) is 0. The Morgan fingerprint density at radius 3 is 2.70 bits per heavy atom. The Balaban J connectivity index is 1.90. The molecule has 0 atom stereocenters. The normalized spacial score (nSPS) is 10.5. The minimum absolute atomic E-state index is 0.0818. The first-order valence-corrected chi connectivity index (χ1v) is 6.81. The maximum atomic E-state index is 11.7. The molecule has 0 heterocycles. The van der Waals surface area contributed by atoms with E-state index in [1.54, 1.807) is 18.2 Å². The third kappa shape index (κ3) is 4.63. The number of benzene rings is 2. The van der Waals surface area contributed by atoms with Crippen LogP contribution in [0.5, 0.6) is 5.75 Å². The second-order valence-corrected chi connectivity index (χ2v) is 4.66. The first-order chi connectivity index (χ1) is 11.1. The summed E-state index contributed by atoms with van der Waals surface area (Å²) >= 11 is 0. The van der Waals surface area contributed by atoms with E-state index in [1.807, 2.05) is 25.1 Å². The predicted molar refractivity (Wildman–Crippen MR) is 85.5 cm³/mol. The minimum Gasteiger partial charge on any atom is -0.483 e. The van der Waals surface area contributed by atoms with Gasteiger partial charge in [-0.15, -0.1) is 0 Å². The number of hydrogen-bond acceptors (Lipinski definition) is 5. The lowest BCUT2D eigenvalue weighted by atomic mass is 10.2. The zero-order valence-corrected chi connectivity index (χ0v) is 12.4. The van der Waals surface area contributed by atoms with Crippen molar-refractivity contribution < 1.29 is 14.5 Å². The lowest BCUT2D eigenvalue weighted by Gasteiger charge is -2.07. The number of ether oxygens (including phenoxy) is 1. The molecule has 0 saturated carbocycles. The van der Waals surface area contributed by atoms with E-state index in [0.29, 0.717) is 11.3 Å². The predicted octanol–water partition coefficient (Wildman–Crippen LogP) is 2.43. The number of nitrogens with one attached hydrogen (secondary N) is 1. The van der Waals surface area contributed by atoms with E-state index < -0.39 is 10.8 Å². The standard InChI is InChI=1S/C16H15N3O4/c1-12-6-2-5-9-15(12)23-11-16(20)18-17-10-13-7-3-4-8-14(13)19(21)22/h2-10H,11H2,1H3,(H,18,20). The zero-order chi connectivity index (χ0) is 16.7. The highest BCUT2D eigenvalue weighted by Crippen LogP contribution is 2.16. The van der Waals surface area contributed by atoms with Crippen LogP contribution in [0.15, 0.2) is 53.6 Å². The molecule has 1 amide bonds. The molecular weight excluding hydrogens is 298 g/mol. The molecule has 0 aliphatic rings. The van der Waals surface area contributed by atoms with Gasteiger partial charge < -0.3 is 4.74 Å². The number of nitro groups is 1. The average molecular weight is 313 g/mol. The van der Waals surface area contributed by atoms with Gasteiger partial charge in [0.1, 0.15) is 5.75 Å². The van der Waals surface area contributed by atoms with Crippen molar-refractivity contribution in [3.63, 3.8) is 0 Å².